The fourth-order valence-corrected chi connectivity index (χ4v) is 10.7. The topological polar surface area (TPSA) is 514 Å². The van der Waals surface area contributed by atoms with Crippen molar-refractivity contribution in [2.45, 2.75) is 333 Å². The molecule has 0 bridgehead atoms. The minimum atomic E-state index is -5.08. The van der Waals surface area contributed by atoms with Crippen LogP contribution in [-0.2, 0) is 47.9 Å². The van der Waals surface area contributed by atoms with Crippen LogP contribution in [0.4, 0.5) is 39.5 Å². The zero-order chi connectivity index (χ0) is 84.0. The van der Waals surface area contributed by atoms with E-state index < -0.39 is 78.2 Å². The summed E-state index contributed by atoms with van der Waals surface area (Å²) in [5.41, 5.74) is 38.5. The lowest BCUT2D eigenvalue weighted by Crippen LogP contribution is -2.56. The van der Waals surface area contributed by atoms with Gasteiger partial charge in [0.05, 0.1) is 0 Å². The van der Waals surface area contributed by atoms with Crippen molar-refractivity contribution in [3.8, 4) is 0 Å². The third-order valence-electron chi connectivity index (χ3n) is 16.8. The second kappa shape index (κ2) is 70.0. The molecule has 0 radical (unpaired) electrons. The van der Waals surface area contributed by atoms with Gasteiger partial charge in [-0.05, 0) is 51.4 Å². The Morgan fingerprint density at radius 1 is 0.327 bits per heavy atom. The van der Waals surface area contributed by atoms with Gasteiger partial charge >= 0.3 is 36.4 Å². The number of hydrogen-bond donors (Lipinski definition) is 15. The van der Waals surface area contributed by atoms with E-state index in [4.69, 9.17) is 69.8 Å². The molecule has 0 aliphatic rings. The molecule has 0 unspecified atom stereocenters. The van der Waals surface area contributed by atoms with E-state index in [1.807, 2.05) is 0 Å². The number of unbranched alkanes of at least 4 members (excludes halogenated alkanes) is 32. The normalized spacial score (nSPS) is 11.9. The van der Waals surface area contributed by atoms with E-state index in [1.165, 1.54) is 185 Å². The number of nitrogens with one attached hydrogen (secondary N) is 5. The lowest BCUT2D eigenvalue weighted by molar-refractivity contribution is -0.193. The molecular weight excluding hydrogens is 1470 g/mol. The molecule has 110 heavy (non-hydrogen) atoms. The van der Waals surface area contributed by atoms with Gasteiger partial charge in [0.2, 0.25) is 41.4 Å². The molecule has 0 saturated heterocycles. The number of aliphatic carboxylic acids is 3. The number of guanidine groups is 3. The van der Waals surface area contributed by atoms with E-state index in [2.05, 4.69) is 55.4 Å². The summed E-state index contributed by atoms with van der Waals surface area (Å²) in [6, 6.07) is -3.54. The van der Waals surface area contributed by atoms with Crippen LogP contribution in [-0.4, -0.2) is 180 Å². The monoisotopic (exact) mass is 1600 g/mol. The maximum Gasteiger partial charge on any atom is 0.490 e. The summed E-state index contributed by atoms with van der Waals surface area (Å²) in [4.78, 5) is 134. The van der Waals surface area contributed by atoms with Crippen LogP contribution in [0.5, 0.6) is 0 Å². The van der Waals surface area contributed by atoms with Gasteiger partial charge in [0.25, 0.3) is 0 Å². The summed E-state index contributed by atoms with van der Waals surface area (Å²) in [5, 5.41) is 35.3. The highest BCUT2D eigenvalue weighted by Gasteiger charge is 2.40. The predicted molar refractivity (Wildman–Crippen MR) is 405 cm³/mol. The van der Waals surface area contributed by atoms with Crippen molar-refractivity contribution in [3.05, 3.63) is 0 Å². The number of primary amides is 1. The Balaban J connectivity index is -0.00000231. The van der Waals surface area contributed by atoms with Gasteiger partial charge in [0.15, 0.2) is 17.9 Å². The number of aliphatic imine (C=N–C) groups is 3. The van der Waals surface area contributed by atoms with Crippen molar-refractivity contribution in [1.82, 2.24) is 31.5 Å². The number of carboxylic acid groups (broad SMARTS) is 3. The molecule has 29 nitrogen and oxygen atoms in total. The van der Waals surface area contributed by atoms with E-state index in [0.717, 1.165) is 38.5 Å². The van der Waals surface area contributed by atoms with Gasteiger partial charge < -0.3 is 86.9 Å². The lowest BCUT2D eigenvalue weighted by atomic mass is 10.0. The molecule has 0 saturated carbocycles. The van der Waals surface area contributed by atoms with Gasteiger partial charge in [0, 0.05) is 71.5 Å². The fraction of sp³-hybridized carbons (Fsp3) is 0.819. The standard InChI is InChI=1S/C66H130N16O7.3C2HF3O2/c1-3-5-7-9-11-13-15-17-19-21-23-25-27-29-31-33-35-43-57(83)74-50-52-82(53-51-75-58(84)44-36-34-32-30-28-26-24-22-20-18-16-14-12-10-8-6-4-2)60(86)46-45-59(85)79-55(41-38-48-77-65(70)71)62(88)81-56(42-39-49-78-66(72)73)63(89)80-54(61(67)87)40-37-47-76-64(68)69;3*3-2(4,5)1(6)7/h54-56H,3-53H2,1-2H3,(H2,67,87)(H,74,83)(H,75,84)(H,79,85)(H,80,89)(H,81,88)(H4,68,69,76)(H4,70,71,77)(H4,72,73,78);3*(H,6,7)/t54-,55-,56-;;;/m0.../s1. The zero-order valence-electron chi connectivity index (χ0n) is 65.0. The maximum absolute atomic E-state index is 14.0. The number of carboxylic acids is 3. The molecule has 7 amide bonds. The Morgan fingerprint density at radius 2 is 0.564 bits per heavy atom. The number of carbonyl (C=O) groups excluding carboxylic acids is 7. The van der Waals surface area contributed by atoms with Crippen LogP contribution < -0.4 is 66.7 Å². The molecule has 3 atom stereocenters. The Labute approximate surface area is 643 Å². The predicted octanol–water partition coefficient (Wildman–Crippen LogP) is 9.91. The highest BCUT2D eigenvalue weighted by Crippen LogP contribution is 2.19. The van der Waals surface area contributed by atoms with E-state index >= 15 is 0 Å². The summed E-state index contributed by atoms with van der Waals surface area (Å²) in [6.45, 7) is 5.67. The SMILES string of the molecule is CCCCCCCCCCCCCCCCCCCC(=O)NCCN(CCNC(=O)CCCCCCCCCCCCCCCCCCC)C(=O)CCC(=O)N[C@@H](CCCN=C(N)N)C(=O)N[C@@H](CCCN=C(N)N)C(=O)N[C@@H](CCCN=C(N)N)C(N)=O.O=C(O)C(F)(F)F.O=C(O)C(F)(F)F.O=C(O)C(F)(F)F. The van der Waals surface area contributed by atoms with Gasteiger partial charge in [-0.25, -0.2) is 14.4 Å². The molecule has 0 aromatic rings. The zero-order valence-corrected chi connectivity index (χ0v) is 65.0. The van der Waals surface area contributed by atoms with Crippen LogP contribution in [0.15, 0.2) is 15.0 Å². The van der Waals surface area contributed by atoms with E-state index in [-0.39, 0.29) is 126 Å². The highest BCUT2D eigenvalue weighted by atomic mass is 19.4. The average molecular weight is 1600 g/mol. The summed E-state index contributed by atoms with van der Waals surface area (Å²) in [6.07, 6.45) is 28.7. The number of alkyl halides is 9. The molecule has 642 valence electrons. The van der Waals surface area contributed by atoms with Crippen molar-refractivity contribution < 1.29 is 103 Å². The fourth-order valence-electron chi connectivity index (χ4n) is 10.7. The number of nitrogens with two attached hydrogens (primary N) is 7. The average Bonchev–Trinajstić information content (AvgIpc) is 0.867. The molecule has 0 fully saturated rings. The Hall–Kier alpha value is -8.12. The van der Waals surface area contributed by atoms with Crippen LogP contribution >= 0.6 is 0 Å². The third-order valence-corrected chi connectivity index (χ3v) is 16.8. The van der Waals surface area contributed by atoms with Crippen molar-refractivity contribution >= 4 is 77.1 Å². The molecule has 22 N–H and O–H groups in total. The minimum absolute atomic E-state index is 0.0346. The van der Waals surface area contributed by atoms with Crippen LogP contribution in [0.1, 0.15) is 296 Å². The van der Waals surface area contributed by atoms with E-state index in [1.54, 1.807) is 0 Å². The lowest BCUT2D eigenvalue weighted by Gasteiger charge is -2.25. The number of halogens is 9. The highest BCUT2D eigenvalue weighted by molar-refractivity contribution is 5.94. The van der Waals surface area contributed by atoms with Gasteiger partial charge in [-0.1, -0.05) is 219 Å². The van der Waals surface area contributed by atoms with Crippen LogP contribution in [0.3, 0.4) is 0 Å². The molecule has 0 aromatic heterocycles. The first-order valence-electron chi connectivity index (χ1n) is 38.9. The molecule has 0 aromatic carbocycles. The van der Waals surface area contributed by atoms with Crippen LogP contribution in [0, 0.1) is 0 Å². The first-order valence-corrected chi connectivity index (χ1v) is 38.9. The maximum atomic E-state index is 14.0. The van der Waals surface area contributed by atoms with Crippen molar-refractivity contribution in [2.75, 3.05) is 45.8 Å². The second-order valence-electron chi connectivity index (χ2n) is 26.8. The number of hydrogen-bond acceptors (Lipinski definition) is 13. The minimum Gasteiger partial charge on any atom is -0.475 e. The summed E-state index contributed by atoms with van der Waals surface area (Å²) in [5.74, 6) is -12.2. The van der Waals surface area contributed by atoms with Gasteiger partial charge in [0.1, 0.15) is 18.1 Å². The van der Waals surface area contributed by atoms with E-state index in [9.17, 15) is 73.1 Å². The van der Waals surface area contributed by atoms with Crippen LogP contribution in [0.2, 0.25) is 0 Å². The molecular formula is C72H133F9N16O13. The molecule has 0 aliphatic heterocycles. The summed E-state index contributed by atoms with van der Waals surface area (Å²) in [7, 11) is 0. The molecule has 0 aliphatic carbocycles. The van der Waals surface area contributed by atoms with Crippen molar-refractivity contribution in [2.24, 2.45) is 55.1 Å². The number of nitrogens with zero attached hydrogens (tertiary/aromatic N) is 4. The first kappa shape index (κ1) is 108. The summed E-state index contributed by atoms with van der Waals surface area (Å²) < 4.78 is 95.2. The largest absolute Gasteiger partial charge is 0.490 e. The first-order chi connectivity index (χ1) is 51.8. The Morgan fingerprint density at radius 3 is 0.809 bits per heavy atom. The third kappa shape index (κ3) is 75.3. The number of amides is 7. The molecule has 0 heterocycles. The summed E-state index contributed by atoms with van der Waals surface area (Å²) >= 11 is 0. The molecule has 0 rings (SSSR count). The van der Waals surface area contributed by atoms with Crippen molar-refractivity contribution in [3.63, 3.8) is 0 Å². The Bertz CT molecular complexity index is 2470. The van der Waals surface area contributed by atoms with Gasteiger partial charge in [-0.15, -0.1) is 0 Å². The smallest absolute Gasteiger partial charge is 0.475 e. The second-order valence-corrected chi connectivity index (χ2v) is 26.8. The van der Waals surface area contributed by atoms with E-state index in [0.29, 0.717) is 19.3 Å². The number of carbonyl (C=O) groups is 10. The Kier molecular flexibility index (Phi) is 68.9. The van der Waals surface area contributed by atoms with Crippen molar-refractivity contribution in [1.29, 1.82) is 0 Å². The quantitative estimate of drug-likeness (QED) is 0.0116. The molecule has 38 heteroatoms. The van der Waals surface area contributed by atoms with Gasteiger partial charge in [-0.3, -0.25) is 48.5 Å². The molecule has 0 spiro atoms. The number of rotatable bonds is 63. The van der Waals surface area contributed by atoms with Crippen LogP contribution in [0.25, 0.3) is 0 Å². The van der Waals surface area contributed by atoms with Gasteiger partial charge in [-0.2, -0.15) is 39.5 Å².